The molecule has 1 N–H and O–H groups in total. The first-order chi connectivity index (χ1) is 9.65. The van der Waals surface area contributed by atoms with Crippen LogP contribution in [0, 0.1) is 0 Å². The van der Waals surface area contributed by atoms with Crippen LogP contribution in [-0.4, -0.2) is 12.1 Å². The third-order valence-electron chi connectivity index (χ3n) is 2.75. The van der Waals surface area contributed by atoms with E-state index in [2.05, 4.69) is 48.2 Å². The van der Waals surface area contributed by atoms with Gasteiger partial charge in [0.1, 0.15) is 5.75 Å². The molecule has 0 amide bonds. The first-order valence-corrected chi connectivity index (χ1v) is 8.22. The largest absolute Gasteiger partial charge is 0.495 e. The standard InChI is InChI=1S/C14H10Br2N2OS/c1-19-12-4-2-8(15)6-10(12)17-14-18-11-7-9(16)3-5-13(11)20-14/h2-7H,1H3,(H,17,18). The number of fused-ring (bicyclic) bond motifs is 1. The van der Waals surface area contributed by atoms with Gasteiger partial charge in [-0.3, -0.25) is 0 Å². The van der Waals surface area contributed by atoms with Crippen molar-refractivity contribution in [2.24, 2.45) is 0 Å². The van der Waals surface area contributed by atoms with Crippen LogP contribution in [0.3, 0.4) is 0 Å². The number of nitrogens with one attached hydrogen (secondary N) is 1. The zero-order chi connectivity index (χ0) is 14.1. The fraction of sp³-hybridized carbons (Fsp3) is 0.0714. The second-order valence-corrected chi connectivity index (χ2v) is 6.96. The van der Waals surface area contributed by atoms with Gasteiger partial charge in [0.2, 0.25) is 0 Å². The van der Waals surface area contributed by atoms with Crippen molar-refractivity contribution < 1.29 is 4.74 Å². The number of rotatable bonds is 3. The third-order valence-corrected chi connectivity index (χ3v) is 4.69. The van der Waals surface area contributed by atoms with E-state index in [-0.39, 0.29) is 0 Å². The SMILES string of the molecule is COc1ccc(Br)cc1Nc1nc2cc(Br)ccc2s1. The summed E-state index contributed by atoms with van der Waals surface area (Å²) in [7, 11) is 1.66. The first-order valence-electron chi connectivity index (χ1n) is 5.82. The summed E-state index contributed by atoms with van der Waals surface area (Å²) in [5.41, 5.74) is 1.86. The number of aromatic nitrogens is 1. The van der Waals surface area contributed by atoms with Crippen LogP contribution in [0.1, 0.15) is 0 Å². The smallest absolute Gasteiger partial charge is 0.188 e. The molecule has 0 saturated carbocycles. The fourth-order valence-corrected chi connectivity index (χ4v) is 3.42. The van der Waals surface area contributed by atoms with E-state index in [1.807, 2.05) is 30.3 Å². The fourth-order valence-electron chi connectivity index (χ4n) is 1.85. The number of ether oxygens (including phenoxy) is 1. The van der Waals surface area contributed by atoms with Crippen molar-refractivity contribution in [1.82, 2.24) is 4.98 Å². The molecular weight excluding hydrogens is 404 g/mol. The summed E-state index contributed by atoms with van der Waals surface area (Å²) in [5, 5.41) is 4.15. The number of hydrogen-bond acceptors (Lipinski definition) is 4. The highest BCUT2D eigenvalue weighted by Gasteiger charge is 2.08. The van der Waals surface area contributed by atoms with Gasteiger partial charge in [0.25, 0.3) is 0 Å². The molecule has 3 rings (SSSR count). The van der Waals surface area contributed by atoms with E-state index in [0.29, 0.717) is 0 Å². The molecule has 1 aromatic heterocycles. The molecule has 0 aliphatic rings. The quantitative estimate of drug-likeness (QED) is 0.609. The van der Waals surface area contributed by atoms with Gasteiger partial charge in [0.05, 0.1) is 23.0 Å². The summed E-state index contributed by atoms with van der Waals surface area (Å²) < 4.78 is 8.51. The van der Waals surface area contributed by atoms with E-state index >= 15 is 0 Å². The molecule has 6 heteroatoms. The molecule has 2 aromatic carbocycles. The number of thiazole rings is 1. The molecule has 0 saturated heterocycles. The Morgan fingerprint density at radius 2 is 1.85 bits per heavy atom. The summed E-state index contributed by atoms with van der Waals surface area (Å²) >= 11 is 8.54. The first kappa shape index (κ1) is 13.9. The van der Waals surface area contributed by atoms with E-state index in [1.165, 1.54) is 0 Å². The van der Waals surface area contributed by atoms with Gasteiger partial charge in [-0.2, -0.15) is 0 Å². The van der Waals surface area contributed by atoms with Gasteiger partial charge in [-0.15, -0.1) is 0 Å². The highest BCUT2D eigenvalue weighted by Crippen LogP contribution is 2.34. The van der Waals surface area contributed by atoms with Crippen molar-refractivity contribution in [2.75, 3.05) is 12.4 Å². The Kier molecular flexibility index (Phi) is 3.96. The molecule has 1 heterocycles. The Morgan fingerprint density at radius 1 is 1.10 bits per heavy atom. The Hall–Kier alpha value is -1.11. The monoisotopic (exact) mass is 412 g/mol. The van der Waals surface area contributed by atoms with Gasteiger partial charge in [-0.1, -0.05) is 43.2 Å². The average molecular weight is 414 g/mol. The van der Waals surface area contributed by atoms with E-state index in [1.54, 1.807) is 18.4 Å². The maximum atomic E-state index is 5.35. The zero-order valence-corrected chi connectivity index (χ0v) is 14.5. The van der Waals surface area contributed by atoms with Gasteiger partial charge in [0.15, 0.2) is 5.13 Å². The molecule has 0 aliphatic carbocycles. The Labute approximate surface area is 137 Å². The van der Waals surface area contributed by atoms with Crippen molar-refractivity contribution in [3.05, 3.63) is 45.3 Å². The van der Waals surface area contributed by atoms with Gasteiger partial charge in [-0.25, -0.2) is 4.98 Å². The lowest BCUT2D eigenvalue weighted by Crippen LogP contribution is -1.93. The molecule has 0 radical (unpaired) electrons. The van der Waals surface area contributed by atoms with Crippen LogP contribution in [0.4, 0.5) is 10.8 Å². The average Bonchev–Trinajstić information content (AvgIpc) is 2.80. The van der Waals surface area contributed by atoms with Crippen molar-refractivity contribution >= 4 is 64.2 Å². The van der Waals surface area contributed by atoms with E-state index in [9.17, 15) is 0 Å². The number of halogens is 2. The predicted molar refractivity (Wildman–Crippen MR) is 91.3 cm³/mol. The minimum Gasteiger partial charge on any atom is -0.495 e. The summed E-state index contributed by atoms with van der Waals surface area (Å²) in [6, 6.07) is 11.9. The lowest BCUT2D eigenvalue weighted by atomic mass is 10.3. The van der Waals surface area contributed by atoms with E-state index in [0.717, 1.165) is 35.7 Å². The van der Waals surface area contributed by atoms with Crippen LogP contribution in [-0.2, 0) is 0 Å². The number of methoxy groups -OCH3 is 1. The topological polar surface area (TPSA) is 34.1 Å². The Balaban J connectivity index is 1.98. The minimum atomic E-state index is 0.786. The van der Waals surface area contributed by atoms with Crippen molar-refractivity contribution in [1.29, 1.82) is 0 Å². The molecule has 0 aliphatic heterocycles. The highest BCUT2D eigenvalue weighted by molar-refractivity contribution is 9.10. The molecule has 0 bridgehead atoms. The normalized spacial score (nSPS) is 10.8. The molecule has 102 valence electrons. The molecular formula is C14H10Br2N2OS. The number of nitrogens with zero attached hydrogens (tertiary/aromatic N) is 1. The predicted octanol–water partition coefficient (Wildman–Crippen LogP) is 5.57. The van der Waals surface area contributed by atoms with Crippen LogP contribution < -0.4 is 10.1 Å². The summed E-state index contributed by atoms with van der Waals surface area (Å²) in [6.07, 6.45) is 0. The van der Waals surface area contributed by atoms with Crippen LogP contribution in [0.15, 0.2) is 45.3 Å². The second kappa shape index (κ2) is 5.71. The van der Waals surface area contributed by atoms with Gasteiger partial charge in [0, 0.05) is 8.95 Å². The maximum Gasteiger partial charge on any atom is 0.188 e. The van der Waals surface area contributed by atoms with Crippen LogP contribution in [0.25, 0.3) is 10.2 Å². The lowest BCUT2D eigenvalue weighted by molar-refractivity contribution is 0.417. The molecule has 0 spiro atoms. The molecule has 3 aromatic rings. The van der Waals surface area contributed by atoms with Gasteiger partial charge < -0.3 is 10.1 Å². The molecule has 3 nitrogen and oxygen atoms in total. The molecule has 20 heavy (non-hydrogen) atoms. The number of benzene rings is 2. The molecule has 0 unspecified atom stereocenters. The van der Waals surface area contributed by atoms with Crippen LogP contribution in [0.5, 0.6) is 5.75 Å². The van der Waals surface area contributed by atoms with Crippen molar-refractivity contribution in [2.45, 2.75) is 0 Å². The summed E-state index contributed by atoms with van der Waals surface area (Å²) in [6.45, 7) is 0. The minimum absolute atomic E-state index is 0.786. The Morgan fingerprint density at radius 3 is 2.65 bits per heavy atom. The van der Waals surface area contributed by atoms with Gasteiger partial charge >= 0.3 is 0 Å². The lowest BCUT2D eigenvalue weighted by Gasteiger charge is -2.09. The zero-order valence-electron chi connectivity index (χ0n) is 10.5. The summed E-state index contributed by atoms with van der Waals surface area (Å²) in [5.74, 6) is 0.786. The van der Waals surface area contributed by atoms with E-state index in [4.69, 9.17) is 4.74 Å². The molecule has 0 fully saturated rings. The number of hydrogen-bond donors (Lipinski definition) is 1. The molecule has 0 atom stereocenters. The van der Waals surface area contributed by atoms with Crippen LogP contribution in [0.2, 0.25) is 0 Å². The highest BCUT2D eigenvalue weighted by atomic mass is 79.9. The van der Waals surface area contributed by atoms with Gasteiger partial charge in [-0.05, 0) is 36.4 Å². The van der Waals surface area contributed by atoms with Crippen molar-refractivity contribution in [3.63, 3.8) is 0 Å². The second-order valence-electron chi connectivity index (χ2n) is 4.10. The number of anilines is 2. The maximum absolute atomic E-state index is 5.35. The summed E-state index contributed by atoms with van der Waals surface area (Å²) in [4.78, 5) is 4.58. The third kappa shape index (κ3) is 2.82. The van der Waals surface area contributed by atoms with Crippen molar-refractivity contribution in [3.8, 4) is 5.75 Å². The van der Waals surface area contributed by atoms with E-state index < -0.39 is 0 Å². The van der Waals surface area contributed by atoms with Crippen LogP contribution >= 0.6 is 43.2 Å². The Bertz CT molecular complexity index is 773.